The molecular weight excluding hydrogens is 347 g/mol. The topological polar surface area (TPSA) is 85.3 Å². The Bertz CT molecular complexity index is 1160. The van der Waals surface area contributed by atoms with Gasteiger partial charge in [0.15, 0.2) is 22.9 Å². The highest BCUT2D eigenvalue weighted by molar-refractivity contribution is 5.64. The van der Waals surface area contributed by atoms with Crippen LogP contribution in [-0.4, -0.2) is 47.5 Å². The molecule has 1 saturated heterocycles. The average Bonchev–Trinajstić information content (AvgIpc) is 3.26. The normalized spacial score (nSPS) is 15.8. The lowest BCUT2D eigenvalue weighted by atomic mass is 9.98. The van der Waals surface area contributed by atoms with Gasteiger partial charge in [-0.1, -0.05) is 0 Å². The van der Waals surface area contributed by atoms with Crippen molar-refractivity contribution in [1.82, 2.24) is 39.7 Å². The minimum atomic E-state index is -0.408. The molecule has 1 fully saturated rings. The summed E-state index contributed by atoms with van der Waals surface area (Å²) in [5, 5.41) is 16.6. The van der Waals surface area contributed by atoms with Crippen molar-refractivity contribution in [1.29, 1.82) is 0 Å². The maximum absolute atomic E-state index is 14.7. The zero-order valence-electron chi connectivity index (χ0n) is 15.1. The first kappa shape index (κ1) is 16.2. The van der Waals surface area contributed by atoms with Crippen LogP contribution in [0.15, 0.2) is 18.3 Å². The molecule has 0 unspecified atom stereocenters. The van der Waals surface area contributed by atoms with Crippen LogP contribution in [-0.2, 0) is 0 Å². The molecule has 0 aliphatic carbocycles. The summed E-state index contributed by atoms with van der Waals surface area (Å²) in [6.07, 6.45) is 3.70. The van der Waals surface area contributed by atoms with E-state index < -0.39 is 5.82 Å². The number of nitrogens with zero attached hydrogens (tertiary/aromatic N) is 7. The lowest BCUT2D eigenvalue weighted by Crippen LogP contribution is -2.27. The number of piperidine rings is 1. The second-order valence-corrected chi connectivity index (χ2v) is 7.02. The molecule has 5 heterocycles. The van der Waals surface area contributed by atoms with Crippen molar-refractivity contribution >= 4 is 11.3 Å². The average molecular weight is 366 g/mol. The molecule has 0 amide bonds. The van der Waals surface area contributed by atoms with E-state index in [2.05, 4.69) is 30.6 Å². The second kappa shape index (κ2) is 6.05. The van der Waals surface area contributed by atoms with Crippen LogP contribution >= 0.6 is 0 Å². The highest BCUT2D eigenvalue weighted by Gasteiger charge is 2.21. The molecule has 0 bridgehead atoms. The second-order valence-electron chi connectivity index (χ2n) is 7.02. The zero-order chi connectivity index (χ0) is 18.5. The van der Waals surface area contributed by atoms with Gasteiger partial charge in [-0.2, -0.15) is 5.10 Å². The van der Waals surface area contributed by atoms with Crippen molar-refractivity contribution in [2.75, 3.05) is 13.1 Å². The van der Waals surface area contributed by atoms with Crippen LogP contribution < -0.4 is 5.32 Å². The summed E-state index contributed by atoms with van der Waals surface area (Å²) in [5.74, 6) is 1.21. The highest BCUT2D eigenvalue weighted by Crippen LogP contribution is 2.26. The third-order valence-corrected chi connectivity index (χ3v) is 5.01. The van der Waals surface area contributed by atoms with Crippen LogP contribution in [0.25, 0.3) is 22.6 Å². The van der Waals surface area contributed by atoms with Gasteiger partial charge in [-0.3, -0.25) is 0 Å². The van der Waals surface area contributed by atoms with Crippen LogP contribution in [0.5, 0.6) is 0 Å². The largest absolute Gasteiger partial charge is 0.317 e. The van der Waals surface area contributed by atoms with Gasteiger partial charge < -0.3 is 5.32 Å². The Labute approximate surface area is 154 Å². The zero-order valence-corrected chi connectivity index (χ0v) is 15.1. The molecule has 138 valence electrons. The van der Waals surface area contributed by atoms with E-state index in [9.17, 15) is 4.39 Å². The Balaban J connectivity index is 1.61. The molecule has 5 rings (SSSR count). The number of halogens is 1. The smallest absolute Gasteiger partial charge is 0.191 e. The van der Waals surface area contributed by atoms with E-state index in [1.165, 1.54) is 15.2 Å². The molecule has 0 radical (unpaired) electrons. The van der Waals surface area contributed by atoms with Gasteiger partial charge in [0.25, 0.3) is 0 Å². The number of hydrogen-bond donors (Lipinski definition) is 1. The summed E-state index contributed by atoms with van der Waals surface area (Å²) in [6.45, 7) is 5.63. The van der Waals surface area contributed by atoms with Crippen molar-refractivity contribution in [3.05, 3.63) is 41.4 Å². The summed E-state index contributed by atoms with van der Waals surface area (Å²) in [6, 6.07) is 3.34. The number of aryl methyl sites for hydroxylation is 2. The number of hydrogen-bond acceptors (Lipinski definition) is 6. The van der Waals surface area contributed by atoms with Gasteiger partial charge in [-0.25, -0.2) is 18.9 Å². The first-order valence-corrected chi connectivity index (χ1v) is 9.07. The van der Waals surface area contributed by atoms with Gasteiger partial charge in [0.1, 0.15) is 5.82 Å². The summed E-state index contributed by atoms with van der Waals surface area (Å²) >= 11 is 0. The summed E-state index contributed by atoms with van der Waals surface area (Å²) < 4.78 is 17.7. The fraction of sp³-hybridized carbons (Fsp3) is 0.389. The summed E-state index contributed by atoms with van der Waals surface area (Å²) in [7, 11) is 0. The molecule has 1 aliphatic heterocycles. The molecule has 1 N–H and O–H groups in total. The third kappa shape index (κ3) is 2.74. The monoisotopic (exact) mass is 366 g/mol. The number of aromatic nitrogens is 7. The van der Waals surface area contributed by atoms with Crippen LogP contribution in [0.3, 0.4) is 0 Å². The number of nitrogens with one attached hydrogen (secondary N) is 1. The number of fused-ring (bicyclic) bond motifs is 2. The number of rotatable bonds is 2. The van der Waals surface area contributed by atoms with Crippen molar-refractivity contribution in [2.45, 2.75) is 32.6 Å². The van der Waals surface area contributed by atoms with E-state index >= 15 is 0 Å². The Morgan fingerprint density at radius 3 is 2.67 bits per heavy atom. The van der Waals surface area contributed by atoms with Crippen LogP contribution in [0, 0.1) is 19.7 Å². The minimum Gasteiger partial charge on any atom is -0.317 e. The van der Waals surface area contributed by atoms with E-state index in [4.69, 9.17) is 0 Å². The van der Waals surface area contributed by atoms with Crippen molar-refractivity contribution in [3.63, 3.8) is 0 Å². The lowest BCUT2D eigenvalue weighted by molar-refractivity contribution is 0.445. The molecule has 9 heteroatoms. The predicted molar refractivity (Wildman–Crippen MR) is 97.0 cm³/mol. The van der Waals surface area contributed by atoms with Crippen molar-refractivity contribution in [2.24, 2.45) is 0 Å². The van der Waals surface area contributed by atoms with Gasteiger partial charge >= 0.3 is 0 Å². The van der Waals surface area contributed by atoms with Crippen molar-refractivity contribution < 1.29 is 4.39 Å². The SMILES string of the molecule is Cc1nc2c(C)cc(-c3cc(F)c4nc(C5CCNCC5)nn4c3)nn2n1. The molecule has 1 aliphatic rings. The Hall–Kier alpha value is -2.94. The van der Waals surface area contributed by atoms with E-state index in [0.717, 1.165) is 31.5 Å². The van der Waals surface area contributed by atoms with E-state index in [1.807, 2.05) is 19.9 Å². The van der Waals surface area contributed by atoms with Gasteiger partial charge in [0.05, 0.1) is 5.69 Å². The third-order valence-electron chi connectivity index (χ3n) is 5.01. The summed E-state index contributed by atoms with van der Waals surface area (Å²) in [4.78, 5) is 8.80. The molecule has 4 aromatic rings. The molecule has 0 spiro atoms. The van der Waals surface area contributed by atoms with E-state index in [0.29, 0.717) is 28.6 Å². The van der Waals surface area contributed by atoms with Gasteiger partial charge in [0.2, 0.25) is 0 Å². The van der Waals surface area contributed by atoms with Gasteiger partial charge in [-0.15, -0.1) is 14.8 Å². The maximum atomic E-state index is 14.7. The van der Waals surface area contributed by atoms with Gasteiger partial charge in [-0.05, 0) is 57.5 Å². The fourth-order valence-electron chi connectivity index (χ4n) is 3.62. The quantitative estimate of drug-likeness (QED) is 0.584. The van der Waals surface area contributed by atoms with Crippen LogP contribution in [0.2, 0.25) is 0 Å². The number of pyridine rings is 1. The maximum Gasteiger partial charge on any atom is 0.191 e. The van der Waals surface area contributed by atoms with E-state index in [-0.39, 0.29) is 11.6 Å². The van der Waals surface area contributed by atoms with E-state index in [1.54, 1.807) is 6.20 Å². The Morgan fingerprint density at radius 2 is 1.85 bits per heavy atom. The van der Waals surface area contributed by atoms with Crippen LogP contribution in [0.1, 0.15) is 36.0 Å². The minimum absolute atomic E-state index is 0.252. The fourth-order valence-corrected chi connectivity index (χ4v) is 3.62. The molecule has 0 saturated carbocycles. The standard InChI is InChI=1S/C18H19FN8/c1-10-7-15(24-27-17(10)21-11(2)23-27)13-8-14(19)18-22-16(25-26(18)9-13)12-3-5-20-6-4-12/h7-9,12,20H,3-6H2,1-2H3. The Morgan fingerprint density at radius 1 is 1.04 bits per heavy atom. The highest BCUT2D eigenvalue weighted by atomic mass is 19.1. The lowest BCUT2D eigenvalue weighted by Gasteiger charge is -2.19. The molecule has 8 nitrogen and oxygen atoms in total. The first-order valence-electron chi connectivity index (χ1n) is 9.07. The molecule has 27 heavy (non-hydrogen) atoms. The molecule has 0 atom stereocenters. The van der Waals surface area contributed by atoms with Gasteiger partial charge in [0, 0.05) is 17.7 Å². The van der Waals surface area contributed by atoms with Crippen LogP contribution in [0.4, 0.5) is 4.39 Å². The van der Waals surface area contributed by atoms with Crippen molar-refractivity contribution in [3.8, 4) is 11.3 Å². The molecular formula is C18H19FN8. The summed E-state index contributed by atoms with van der Waals surface area (Å²) in [5.41, 5.74) is 3.12. The molecule has 0 aromatic carbocycles. The Kier molecular flexibility index (Phi) is 3.64. The first-order chi connectivity index (χ1) is 13.1. The predicted octanol–water partition coefficient (Wildman–Crippen LogP) is 2.06. The molecule has 4 aromatic heterocycles.